The number of nitrogens with zero attached hydrogens (tertiary/aromatic N) is 2. The number of aromatic hydroxyl groups is 1. The van der Waals surface area contributed by atoms with Crippen molar-refractivity contribution in [2.24, 2.45) is 0 Å². The highest BCUT2D eigenvalue weighted by molar-refractivity contribution is 7.25. The minimum absolute atomic E-state index is 0.00270. The highest BCUT2D eigenvalue weighted by Gasteiger charge is 2.20. The molecule has 0 fully saturated rings. The van der Waals surface area contributed by atoms with Crippen LogP contribution in [0.3, 0.4) is 0 Å². The number of phenols is 1. The van der Waals surface area contributed by atoms with Gasteiger partial charge in [-0.15, -0.1) is 22.7 Å². The number of unbranched alkanes of at least 4 members (excludes halogenated alkanes) is 1. The zero-order valence-electron chi connectivity index (χ0n) is 18.6. The summed E-state index contributed by atoms with van der Waals surface area (Å²) in [6, 6.07) is 18.0. The number of phenolic OH excluding ortho intramolecular Hbond substituents is 1. The van der Waals surface area contributed by atoms with Crippen LogP contribution in [0.25, 0.3) is 20.3 Å². The lowest BCUT2D eigenvalue weighted by Crippen LogP contribution is -2.26. The fourth-order valence-electron chi connectivity index (χ4n) is 4.35. The average molecular weight is 475 g/mol. The Labute approximate surface area is 200 Å². The van der Waals surface area contributed by atoms with Crippen LogP contribution in [0, 0.1) is 0 Å². The molecule has 0 unspecified atom stereocenters. The van der Waals surface area contributed by atoms with Gasteiger partial charge in [0.05, 0.1) is 10.1 Å². The summed E-state index contributed by atoms with van der Waals surface area (Å²) in [5, 5.41) is 14.2. The van der Waals surface area contributed by atoms with Crippen molar-refractivity contribution in [3.8, 4) is 5.75 Å². The van der Waals surface area contributed by atoms with Crippen molar-refractivity contribution in [3.63, 3.8) is 0 Å². The monoisotopic (exact) mass is 474 g/mol. The first-order chi connectivity index (χ1) is 16.2. The normalized spacial score (nSPS) is 11.5. The first-order valence-corrected chi connectivity index (χ1v) is 13.1. The molecule has 0 aliphatic heterocycles. The standard InChI is InChI=1S/C27H26N2O2S2/c1-2-3-10-19-12-13-21(30)25-23(19)24-26(33-25)28-22(17-18-8-5-4-6-9-18)29(27(24)31)15-14-20-11-7-16-32-20/h4-9,11-13,16,30H,2-3,10,14-15,17H2,1H3. The van der Waals surface area contributed by atoms with Gasteiger partial charge in [0.15, 0.2) is 0 Å². The molecular weight excluding hydrogens is 448 g/mol. The van der Waals surface area contributed by atoms with Crippen molar-refractivity contribution < 1.29 is 5.11 Å². The highest BCUT2D eigenvalue weighted by Crippen LogP contribution is 2.39. The van der Waals surface area contributed by atoms with E-state index in [1.807, 2.05) is 34.9 Å². The predicted molar refractivity (Wildman–Crippen MR) is 139 cm³/mol. The molecule has 0 aliphatic rings. The molecule has 0 atom stereocenters. The smallest absolute Gasteiger partial charge is 0.262 e. The van der Waals surface area contributed by atoms with Crippen LogP contribution in [0.15, 0.2) is 64.8 Å². The van der Waals surface area contributed by atoms with Crippen LogP contribution >= 0.6 is 22.7 Å². The van der Waals surface area contributed by atoms with E-state index in [9.17, 15) is 9.90 Å². The number of hydrogen-bond acceptors (Lipinski definition) is 5. The van der Waals surface area contributed by atoms with Crippen molar-refractivity contribution in [3.05, 3.63) is 92.2 Å². The summed E-state index contributed by atoms with van der Waals surface area (Å²) >= 11 is 3.14. The molecule has 5 aromatic rings. The lowest BCUT2D eigenvalue weighted by molar-refractivity contribution is 0.482. The second-order valence-electron chi connectivity index (χ2n) is 8.31. The SMILES string of the molecule is CCCCc1ccc(O)c2sc3nc(Cc4ccccc4)n(CCc4cccs4)c(=O)c3c12. The Morgan fingerprint density at radius 2 is 1.85 bits per heavy atom. The molecule has 3 aromatic heterocycles. The minimum Gasteiger partial charge on any atom is -0.506 e. The summed E-state index contributed by atoms with van der Waals surface area (Å²) in [6.45, 7) is 2.75. The van der Waals surface area contributed by atoms with Gasteiger partial charge in [-0.3, -0.25) is 9.36 Å². The Hall–Kier alpha value is -2.96. The fraction of sp³-hybridized carbons (Fsp3) is 0.259. The minimum atomic E-state index is -0.00270. The maximum Gasteiger partial charge on any atom is 0.262 e. The van der Waals surface area contributed by atoms with E-state index in [-0.39, 0.29) is 11.3 Å². The van der Waals surface area contributed by atoms with Gasteiger partial charge in [-0.05, 0) is 47.9 Å². The number of rotatable bonds is 8. The predicted octanol–water partition coefficient (Wildman–Crippen LogP) is 6.55. The number of fused-ring (bicyclic) bond motifs is 3. The molecular formula is C27H26N2O2S2. The Morgan fingerprint density at radius 3 is 2.61 bits per heavy atom. The lowest BCUT2D eigenvalue weighted by Gasteiger charge is -2.13. The molecule has 168 valence electrons. The van der Waals surface area contributed by atoms with Gasteiger partial charge in [0, 0.05) is 23.2 Å². The molecule has 0 bridgehead atoms. The molecule has 5 rings (SSSR count). The summed E-state index contributed by atoms with van der Waals surface area (Å²) in [4.78, 5) is 20.9. The quantitative estimate of drug-likeness (QED) is 0.277. The molecule has 4 nitrogen and oxygen atoms in total. The molecule has 3 heterocycles. The number of aryl methyl sites for hydroxylation is 2. The van der Waals surface area contributed by atoms with Crippen molar-refractivity contribution in [2.75, 3.05) is 0 Å². The Kier molecular flexibility index (Phi) is 6.29. The maximum atomic E-state index is 14.0. The first-order valence-electron chi connectivity index (χ1n) is 11.4. The van der Waals surface area contributed by atoms with E-state index in [4.69, 9.17) is 4.98 Å². The topological polar surface area (TPSA) is 55.1 Å². The Balaban J connectivity index is 1.71. The average Bonchev–Trinajstić information content (AvgIpc) is 3.48. The van der Waals surface area contributed by atoms with Gasteiger partial charge in [-0.25, -0.2) is 4.98 Å². The summed E-state index contributed by atoms with van der Waals surface area (Å²) in [6.07, 6.45) is 4.40. The lowest BCUT2D eigenvalue weighted by atomic mass is 10.0. The van der Waals surface area contributed by atoms with Crippen LogP contribution in [0.1, 0.15) is 41.6 Å². The fourth-order valence-corrected chi connectivity index (χ4v) is 6.19. The zero-order valence-corrected chi connectivity index (χ0v) is 20.2. The van der Waals surface area contributed by atoms with Crippen LogP contribution in [-0.4, -0.2) is 14.7 Å². The largest absolute Gasteiger partial charge is 0.506 e. The van der Waals surface area contributed by atoms with E-state index < -0.39 is 0 Å². The van der Waals surface area contributed by atoms with Crippen molar-refractivity contribution in [2.45, 2.75) is 45.6 Å². The van der Waals surface area contributed by atoms with Crippen molar-refractivity contribution >= 4 is 43.0 Å². The second-order valence-corrected chi connectivity index (χ2v) is 10.3. The van der Waals surface area contributed by atoms with Crippen LogP contribution in [-0.2, 0) is 25.8 Å². The molecule has 6 heteroatoms. The number of hydrogen-bond donors (Lipinski definition) is 1. The third-order valence-corrected chi connectivity index (χ3v) is 8.10. The highest BCUT2D eigenvalue weighted by atomic mass is 32.1. The van der Waals surface area contributed by atoms with Crippen LogP contribution in [0.4, 0.5) is 0 Å². The van der Waals surface area contributed by atoms with Crippen LogP contribution in [0.2, 0.25) is 0 Å². The summed E-state index contributed by atoms with van der Waals surface area (Å²) in [7, 11) is 0. The third-order valence-electron chi connectivity index (χ3n) is 6.05. The van der Waals surface area contributed by atoms with Gasteiger partial charge >= 0.3 is 0 Å². The molecule has 1 N–H and O–H groups in total. The maximum absolute atomic E-state index is 14.0. The Morgan fingerprint density at radius 1 is 1.00 bits per heavy atom. The first kappa shape index (κ1) is 21.9. The van der Waals surface area contributed by atoms with Gasteiger partial charge in [-0.1, -0.05) is 55.8 Å². The van der Waals surface area contributed by atoms with E-state index in [0.717, 1.165) is 52.7 Å². The molecule has 0 saturated carbocycles. The molecule has 0 aliphatic carbocycles. The molecule has 0 saturated heterocycles. The van der Waals surface area contributed by atoms with Gasteiger partial charge in [0.2, 0.25) is 0 Å². The summed E-state index contributed by atoms with van der Waals surface area (Å²) in [5.41, 5.74) is 2.24. The summed E-state index contributed by atoms with van der Waals surface area (Å²) in [5.74, 6) is 0.999. The zero-order chi connectivity index (χ0) is 22.8. The number of aromatic nitrogens is 2. The van der Waals surface area contributed by atoms with Crippen molar-refractivity contribution in [1.82, 2.24) is 9.55 Å². The van der Waals surface area contributed by atoms with E-state index in [0.29, 0.717) is 23.2 Å². The molecule has 0 amide bonds. The van der Waals surface area contributed by atoms with E-state index in [2.05, 4.69) is 30.5 Å². The van der Waals surface area contributed by atoms with Crippen LogP contribution in [0.5, 0.6) is 5.75 Å². The third kappa shape index (κ3) is 4.33. The molecule has 0 spiro atoms. The van der Waals surface area contributed by atoms with E-state index in [1.54, 1.807) is 17.4 Å². The summed E-state index contributed by atoms with van der Waals surface area (Å²) < 4.78 is 2.62. The van der Waals surface area contributed by atoms with E-state index in [1.165, 1.54) is 16.2 Å². The number of thiophene rings is 2. The molecule has 33 heavy (non-hydrogen) atoms. The van der Waals surface area contributed by atoms with Crippen molar-refractivity contribution in [1.29, 1.82) is 0 Å². The van der Waals surface area contributed by atoms with E-state index >= 15 is 0 Å². The second kappa shape index (κ2) is 9.49. The van der Waals surface area contributed by atoms with Gasteiger partial charge < -0.3 is 5.11 Å². The van der Waals surface area contributed by atoms with Gasteiger partial charge in [0.1, 0.15) is 16.4 Å². The Bertz CT molecular complexity index is 1450. The van der Waals surface area contributed by atoms with Gasteiger partial charge in [0.25, 0.3) is 5.56 Å². The number of benzene rings is 2. The molecule has 2 aromatic carbocycles. The van der Waals surface area contributed by atoms with Crippen LogP contribution < -0.4 is 5.56 Å². The molecule has 0 radical (unpaired) electrons. The van der Waals surface area contributed by atoms with Gasteiger partial charge in [-0.2, -0.15) is 0 Å².